The van der Waals surface area contributed by atoms with Crippen LogP contribution in [0.2, 0.25) is 0 Å². The van der Waals surface area contributed by atoms with Crippen LogP contribution in [0.5, 0.6) is 0 Å². The summed E-state index contributed by atoms with van der Waals surface area (Å²) < 4.78 is 41.7. The van der Waals surface area contributed by atoms with Gasteiger partial charge < -0.3 is 10.1 Å². The summed E-state index contributed by atoms with van der Waals surface area (Å²) in [4.78, 5) is 0. The summed E-state index contributed by atoms with van der Waals surface area (Å²) in [7, 11) is 0. The summed E-state index contributed by atoms with van der Waals surface area (Å²) >= 11 is 3.42. The first-order valence-electron chi connectivity index (χ1n) is 6.03. The topological polar surface area (TPSA) is 21.3 Å². The minimum absolute atomic E-state index is 0.102. The van der Waals surface area contributed by atoms with E-state index in [2.05, 4.69) is 21.2 Å². The number of halogens is 4. The Bertz CT molecular complexity index is 432. The fourth-order valence-corrected chi connectivity index (χ4v) is 2.63. The summed E-state index contributed by atoms with van der Waals surface area (Å²) in [5, 5.41) is 3.18. The zero-order valence-electron chi connectivity index (χ0n) is 10.3. The van der Waals surface area contributed by atoms with E-state index in [0.717, 1.165) is 23.1 Å². The van der Waals surface area contributed by atoms with Gasteiger partial charge in [-0.3, -0.25) is 0 Å². The minimum atomic E-state index is -4.25. The van der Waals surface area contributed by atoms with Gasteiger partial charge in [-0.25, -0.2) is 0 Å². The molecule has 0 saturated carbocycles. The second-order valence-corrected chi connectivity index (χ2v) is 5.73. The van der Waals surface area contributed by atoms with Crippen LogP contribution in [0.1, 0.15) is 12.0 Å². The van der Waals surface area contributed by atoms with Crippen molar-refractivity contribution in [3.63, 3.8) is 0 Å². The number of ether oxygens (including phenoxy) is 1. The van der Waals surface area contributed by atoms with Crippen LogP contribution in [0.4, 0.5) is 13.2 Å². The van der Waals surface area contributed by atoms with Crippen molar-refractivity contribution in [2.75, 3.05) is 26.3 Å². The van der Waals surface area contributed by atoms with Gasteiger partial charge in [-0.2, -0.15) is 13.2 Å². The molecule has 0 unspecified atom stereocenters. The van der Waals surface area contributed by atoms with E-state index in [0.29, 0.717) is 6.42 Å². The standard InChI is InChI=1S/C13H15BrF3NO/c14-11-3-1-2-10(6-11)12(7-18-8-12)4-5-19-9-13(15,16)17/h1-3,6,18H,4-5,7-9H2. The van der Waals surface area contributed by atoms with Crippen molar-refractivity contribution in [3.8, 4) is 0 Å². The van der Waals surface area contributed by atoms with Crippen molar-refractivity contribution in [2.45, 2.75) is 18.0 Å². The lowest BCUT2D eigenvalue weighted by molar-refractivity contribution is -0.175. The molecule has 0 bridgehead atoms. The highest BCUT2D eigenvalue weighted by Crippen LogP contribution is 2.33. The van der Waals surface area contributed by atoms with E-state index >= 15 is 0 Å². The Balaban J connectivity index is 1.92. The van der Waals surface area contributed by atoms with Crippen molar-refractivity contribution in [2.24, 2.45) is 0 Å². The highest BCUT2D eigenvalue weighted by atomic mass is 79.9. The van der Waals surface area contributed by atoms with Crippen molar-refractivity contribution < 1.29 is 17.9 Å². The molecule has 0 radical (unpaired) electrons. The van der Waals surface area contributed by atoms with E-state index < -0.39 is 12.8 Å². The molecule has 1 fully saturated rings. The van der Waals surface area contributed by atoms with Crippen LogP contribution in [0.3, 0.4) is 0 Å². The summed E-state index contributed by atoms with van der Waals surface area (Å²) in [6.45, 7) is 0.500. The van der Waals surface area contributed by atoms with Crippen LogP contribution in [0.25, 0.3) is 0 Å². The Hall–Kier alpha value is -0.590. The van der Waals surface area contributed by atoms with Crippen LogP contribution in [0.15, 0.2) is 28.7 Å². The van der Waals surface area contributed by atoms with Gasteiger partial charge in [0.2, 0.25) is 0 Å². The van der Waals surface area contributed by atoms with Crippen molar-refractivity contribution >= 4 is 15.9 Å². The minimum Gasteiger partial charge on any atom is -0.372 e. The monoisotopic (exact) mass is 337 g/mol. The SMILES string of the molecule is FC(F)(F)COCCC1(c2cccc(Br)c2)CNC1. The number of hydrogen-bond acceptors (Lipinski definition) is 2. The first kappa shape index (κ1) is 14.8. The quantitative estimate of drug-likeness (QED) is 0.832. The summed E-state index contributed by atoms with van der Waals surface area (Å²) in [6, 6.07) is 7.90. The van der Waals surface area contributed by atoms with Crippen LogP contribution in [0, 0.1) is 0 Å². The Morgan fingerprint density at radius 2 is 2.05 bits per heavy atom. The van der Waals surface area contributed by atoms with Gasteiger partial charge in [-0.15, -0.1) is 0 Å². The Morgan fingerprint density at radius 3 is 2.58 bits per heavy atom. The Morgan fingerprint density at radius 1 is 1.32 bits per heavy atom. The lowest BCUT2D eigenvalue weighted by Crippen LogP contribution is -2.57. The summed E-state index contributed by atoms with van der Waals surface area (Å²) in [5.41, 5.74) is 1.03. The molecule has 1 aliphatic heterocycles. The maximum Gasteiger partial charge on any atom is 0.411 e. The average molecular weight is 338 g/mol. The molecular formula is C13H15BrF3NO. The van der Waals surface area contributed by atoms with Crippen LogP contribution in [-0.4, -0.2) is 32.5 Å². The van der Waals surface area contributed by atoms with E-state index in [1.807, 2.05) is 24.3 Å². The summed E-state index contributed by atoms with van der Waals surface area (Å²) in [6.07, 6.45) is -3.66. The zero-order chi connectivity index (χ0) is 13.9. The molecule has 1 aromatic rings. The highest BCUT2D eigenvalue weighted by molar-refractivity contribution is 9.10. The third kappa shape index (κ3) is 3.94. The van der Waals surface area contributed by atoms with Gasteiger partial charge in [0.15, 0.2) is 0 Å². The van der Waals surface area contributed by atoms with Crippen molar-refractivity contribution in [1.29, 1.82) is 0 Å². The molecule has 0 aromatic heterocycles. The highest BCUT2D eigenvalue weighted by Gasteiger charge is 2.38. The number of nitrogens with one attached hydrogen (secondary N) is 1. The molecule has 2 rings (SSSR count). The predicted molar refractivity (Wildman–Crippen MR) is 70.2 cm³/mol. The lowest BCUT2D eigenvalue weighted by Gasteiger charge is -2.43. The molecule has 1 aromatic carbocycles. The molecule has 1 aliphatic rings. The zero-order valence-corrected chi connectivity index (χ0v) is 11.9. The number of rotatable bonds is 5. The maximum absolute atomic E-state index is 12.0. The molecule has 0 aliphatic carbocycles. The van der Waals surface area contributed by atoms with Crippen LogP contribution >= 0.6 is 15.9 Å². The van der Waals surface area contributed by atoms with E-state index in [-0.39, 0.29) is 12.0 Å². The van der Waals surface area contributed by atoms with Gasteiger partial charge in [0.05, 0.1) is 0 Å². The van der Waals surface area contributed by atoms with Crippen molar-refractivity contribution in [3.05, 3.63) is 34.3 Å². The fourth-order valence-electron chi connectivity index (χ4n) is 2.23. The van der Waals surface area contributed by atoms with Gasteiger partial charge in [0, 0.05) is 29.6 Å². The molecule has 6 heteroatoms. The molecule has 2 nitrogen and oxygen atoms in total. The number of hydrogen-bond donors (Lipinski definition) is 1. The average Bonchev–Trinajstić information content (AvgIpc) is 2.25. The van der Waals surface area contributed by atoms with Crippen LogP contribution < -0.4 is 5.32 Å². The summed E-state index contributed by atoms with van der Waals surface area (Å²) in [5.74, 6) is 0. The third-order valence-electron chi connectivity index (χ3n) is 3.35. The van der Waals surface area contributed by atoms with E-state index in [4.69, 9.17) is 4.74 Å². The second-order valence-electron chi connectivity index (χ2n) is 4.81. The molecule has 19 heavy (non-hydrogen) atoms. The van der Waals surface area contributed by atoms with Gasteiger partial charge in [-0.05, 0) is 24.1 Å². The fraction of sp³-hybridized carbons (Fsp3) is 0.538. The first-order chi connectivity index (χ1) is 8.91. The number of benzene rings is 1. The molecular weight excluding hydrogens is 323 g/mol. The van der Waals surface area contributed by atoms with E-state index in [9.17, 15) is 13.2 Å². The van der Waals surface area contributed by atoms with Gasteiger partial charge in [-0.1, -0.05) is 28.1 Å². The van der Waals surface area contributed by atoms with Crippen molar-refractivity contribution in [1.82, 2.24) is 5.32 Å². The molecule has 0 spiro atoms. The Labute approximate surface area is 118 Å². The third-order valence-corrected chi connectivity index (χ3v) is 3.85. The van der Waals surface area contributed by atoms with E-state index in [1.54, 1.807) is 0 Å². The molecule has 1 N–H and O–H groups in total. The molecule has 1 saturated heterocycles. The Kier molecular flexibility index (Phi) is 4.53. The smallest absolute Gasteiger partial charge is 0.372 e. The molecule has 1 heterocycles. The largest absolute Gasteiger partial charge is 0.411 e. The van der Waals surface area contributed by atoms with Crippen LogP contribution in [-0.2, 0) is 10.2 Å². The van der Waals surface area contributed by atoms with Gasteiger partial charge in [0.1, 0.15) is 6.61 Å². The normalized spacial score (nSPS) is 18.1. The number of alkyl halides is 3. The lowest BCUT2D eigenvalue weighted by atomic mass is 9.73. The van der Waals surface area contributed by atoms with Gasteiger partial charge in [0.25, 0.3) is 0 Å². The molecule has 0 amide bonds. The predicted octanol–water partition coefficient (Wildman–Crippen LogP) is 3.26. The maximum atomic E-state index is 12.0. The molecule has 106 valence electrons. The molecule has 0 atom stereocenters. The second kappa shape index (κ2) is 5.81. The first-order valence-corrected chi connectivity index (χ1v) is 6.82. The van der Waals surface area contributed by atoms with Gasteiger partial charge >= 0.3 is 6.18 Å². The van der Waals surface area contributed by atoms with E-state index in [1.165, 1.54) is 0 Å².